The summed E-state index contributed by atoms with van der Waals surface area (Å²) in [7, 11) is 0. The summed E-state index contributed by atoms with van der Waals surface area (Å²) in [6, 6.07) is 8.24. The van der Waals surface area contributed by atoms with E-state index in [4.69, 9.17) is 10.5 Å². The van der Waals surface area contributed by atoms with Gasteiger partial charge in [-0.2, -0.15) is 0 Å². The third-order valence-electron chi connectivity index (χ3n) is 4.45. The van der Waals surface area contributed by atoms with Crippen LogP contribution in [0, 0.1) is 5.92 Å². The number of benzene rings is 1. The fourth-order valence-corrected chi connectivity index (χ4v) is 3.41. The number of para-hydroxylation sites is 1. The van der Waals surface area contributed by atoms with Crippen molar-refractivity contribution in [3.63, 3.8) is 0 Å². The van der Waals surface area contributed by atoms with Gasteiger partial charge in [0.1, 0.15) is 11.9 Å². The van der Waals surface area contributed by atoms with Gasteiger partial charge in [-0.25, -0.2) is 4.99 Å². The minimum absolute atomic E-state index is 0.0583. The maximum absolute atomic E-state index is 6.07. The molecule has 4 rings (SSSR count). The van der Waals surface area contributed by atoms with Crippen LogP contribution in [0.3, 0.4) is 0 Å². The van der Waals surface area contributed by atoms with Gasteiger partial charge in [0.25, 0.3) is 0 Å². The first-order valence-electron chi connectivity index (χ1n) is 7.65. The van der Waals surface area contributed by atoms with Crippen molar-refractivity contribution < 1.29 is 4.74 Å². The predicted octanol–water partition coefficient (Wildman–Crippen LogP) is 3.61. The van der Waals surface area contributed by atoms with E-state index in [1.54, 1.807) is 0 Å². The third kappa shape index (κ3) is 2.10. The van der Waals surface area contributed by atoms with Crippen molar-refractivity contribution >= 4 is 11.9 Å². The van der Waals surface area contributed by atoms with Crippen molar-refractivity contribution in [2.24, 2.45) is 16.6 Å². The zero-order valence-electron chi connectivity index (χ0n) is 12.3. The molecular weight excluding hydrogens is 272 g/mol. The summed E-state index contributed by atoms with van der Waals surface area (Å²) in [4.78, 5) is 4.41. The molecule has 22 heavy (non-hydrogen) atoms. The molecule has 0 fully saturated rings. The van der Waals surface area contributed by atoms with Crippen LogP contribution in [0.15, 0.2) is 70.9 Å². The lowest BCUT2D eigenvalue weighted by Crippen LogP contribution is -2.19. The summed E-state index contributed by atoms with van der Waals surface area (Å²) < 4.78 is 6.07. The fourth-order valence-electron chi connectivity index (χ4n) is 3.41. The zero-order valence-corrected chi connectivity index (χ0v) is 12.3. The highest BCUT2D eigenvalue weighted by atomic mass is 16.5. The summed E-state index contributed by atoms with van der Waals surface area (Å²) >= 11 is 0. The van der Waals surface area contributed by atoms with Crippen LogP contribution in [-0.4, -0.2) is 12.4 Å². The van der Waals surface area contributed by atoms with E-state index in [0.29, 0.717) is 5.92 Å². The molecular formula is C19H18N2O. The van der Waals surface area contributed by atoms with Crippen molar-refractivity contribution in [1.82, 2.24) is 0 Å². The second kappa shape index (κ2) is 5.34. The second-order valence-electron chi connectivity index (χ2n) is 5.74. The van der Waals surface area contributed by atoms with Crippen molar-refractivity contribution in [3.05, 3.63) is 71.5 Å². The molecule has 3 aliphatic rings. The number of fused-ring (bicyclic) bond motifs is 3. The summed E-state index contributed by atoms with van der Waals surface area (Å²) in [5.41, 5.74) is 10.3. The lowest BCUT2D eigenvalue weighted by molar-refractivity contribution is 0.273. The molecule has 110 valence electrons. The lowest BCUT2D eigenvalue weighted by atomic mass is 9.83. The number of rotatable bonds is 2. The maximum atomic E-state index is 6.07. The molecule has 0 amide bonds. The molecule has 0 aromatic heterocycles. The average molecular weight is 290 g/mol. The Morgan fingerprint density at radius 2 is 2.14 bits per heavy atom. The summed E-state index contributed by atoms with van der Waals surface area (Å²) in [5, 5.41) is 0. The van der Waals surface area contributed by atoms with E-state index < -0.39 is 0 Å². The van der Waals surface area contributed by atoms with E-state index >= 15 is 0 Å². The molecule has 1 aromatic rings. The third-order valence-corrected chi connectivity index (χ3v) is 4.45. The monoisotopic (exact) mass is 290 g/mol. The van der Waals surface area contributed by atoms with Gasteiger partial charge in [0.15, 0.2) is 0 Å². The Morgan fingerprint density at radius 1 is 1.23 bits per heavy atom. The first-order chi connectivity index (χ1) is 10.9. The second-order valence-corrected chi connectivity index (χ2v) is 5.74. The van der Waals surface area contributed by atoms with Crippen molar-refractivity contribution in [2.45, 2.75) is 18.9 Å². The average Bonchev–Trinajstić information content (AvgIpc) is 2.93. The van der Waals surface area contributed by atoms with Crippen LogP contribution in [0.1, 0.15) is 18.4 Å². The minimum atomic E-state index is 0.0583. The Hall–Kier alpha value is -2.55. The van der Waals surface area contributed by atoms with Gasteiger partial charge in [0.2, 0.25) is 0 Å². The first-order valence-corrected chi connectivity index (χ1v) is 7.65. The Labute approximate surface area is 130 Å². The first kappa shape index (κ1) is 13.1. The van der Waals surface area contributed by atoms with Crippen molar-refractivity contribution in [2.75, 3.05) is 0 Å². The number of hydrogen-bond donors (Lipinski definition) is 1. The van der Waals surface area contributed by atoms with Crippen LogP contribution in [-0.2, 0) is 0 Å². The lowest BCUT2D eigenvalue weighted by Gasteiger charge is -2.25. The van der Waals surface area contributed by atoms with E-state index in [1.807, 2.05) is 12.1 Å². The molecule has 3 heteroatoms. The topological polar surface area (TPSA) is 47.6 Å². The molecule has 1 aromatic carbocycles. The quantitative estimate of drug-likeness (QED) is 0.668. The smallest absolute Gasteiger partial charge is 0.130 e. The highest BCUT2D eigenvalue weighted by Crippen LogP contribution is 2.45. The Morgan fingerprint density at radius 3 is 2.95 bits per heavy atom. The normalized spacial score (nSPS) is 25.9. The molecule has 0 radical (unpaired) electrons. The summed E-state index contributed by atoms with van der Waals surface area (Å²) in [5.74, 6) is 1.33. The number of nitrogens with zero attached hydrogens (tertiary/aromatic N) is 1. The van der Waals surface area contributed by atoms with Gasteiger partial charge >= 0.3 is 0 Å². The number of ether oxygens (including phenoxy) is 1. The van der Waals surface area contributed by atoms with Gasteiger partial charge in [0, 0.05) is 29.2 Å². The van der Waals surface area contributed by atoms with Gasteiger partial charge in [0.05, 0.1) is 6.34 Å². The molecule has 3 nitrogen and oxygen atoms in total. The van der Waals surface area contributed by atoms with E-state index in [9.17, 15) is 0 Å². The molecule has 2 unspecified atom stereocenters. The Kier molecular flexibility index (Phi) is 3.19. The van der Waals surface area contributed by atoms with Gasteiger partial charge in [-0.1, -0.05) is 42.5 Å². The molecule has 0 saturated heterocycles. The molecule has 2 atom stereocenters. The van der Waals surface area contributed by atoms with Gasteiger partial charge in [-0.15, -0.1) is 0 Å². The van der Waals surface area contributed by atoms with Crippen LogP contribution < -0.4 is 10.5 Å². The Bertz CT molecular complexity index is 752. The van der Waals surface area contributed by atoms with E-state index in [-0.39, 0.29) is 6.10 Å². The maximum Gasteiger partial charge on any atom is 0.130 e. The number of allylic oxidation sites excluding steroid dienone is 6. The van der Waals surface area contributed by atoms with Crippen LogP contribution in [0.25, 0.3) is 5.57 Å². The minimum Gasteiger partial charge on any atom is -0.485 e. The van der Waals surface area contributed by atoms with E-state index in [2.05, 4.69) is 47.5 Å². The van der Waals surface area contributed by atoms with Gasteiger partial charge < -0.3 is 10.5 Å². The zero-order chi connectivity index (χ0) is 14.9. The number of hydrogen-bond acceptors (Lipinski definition) is 2. The van der Waals surface area contributed by atoms with E-state index in [0.717, 1.165) is 24.3 Å². The predicted molar refractivity (Wildman–Crippen MR) is 89.5 cm³/mol. The molecule has 1 aliphatic heterocycles. The standard InChI is InChI=1S/C19H18N2O/c20-12-21-17-11-19-16(14-8-4-5-9-18(14)22-19)10-15(17)13-6-2-1-3-7-13/h1-6,8-10,12-13,19H,7,11H2,(H2,20,21). The highest BCUT2D eigenvalue weighted by Gasteiger charge is 2.34. The van der Waals surface area contributed by atoms with Crippen LogP contribution in [0.5, 0.6) is 5.75 Å². The van der Waals surface area contributed by atoms with Gasteiger partial charge in [-0.3, -0.25) is 0 Å². The molecule has 0 saturated carbocycles. The van der Waals surface area contributed by atoms with Crippen LogP contribution >= 0.6 is 0 Å². The molecule has 1 heterocycles. The Balaban J connectivity index is 1.79. The van der Waals surface area contributed by atoms with Crippen LogP contribution in [0.2, 0.25) is 0 Å². The molecule has 2 aliphatic carbocycles. The van der Waals surface area contributed by atoms with Crippen molar-refractivity contribution in [1.29, 1.82) is 0 Å². The SMILES string of the molecule is NC=NC1=C(C2C=CC=CC2)C=C2c3ccccc3OC2C1. The van der Waals surface area contributed by atoms with E-state index in [1.165, 1.54) is 23.0 Å². The highest BCUT2D eigenvalue weighted by molar-refractivity contribution is 5.81. The van der Waals surface area contributed by atoms with Crippen LogP contribution in [0.4, 0.5) is 0 Å². The largest absolute Gasteiger partial charge is 0.485 e. The molecule has 0 spiro atoms. The molecule has 2 N–H and O–H groups in total. The summed E-state index contributed by atoms with van der Waals surface area (Å²) in [6.07, 6.45) is 14.1. The summed E-state index contributed by atoms with van der Waals surface area (Å²) in [6.45, 7) is 0. The number of aliphatic imine (C=N–C) groups is 1. The fraction of sp³-hybridized carbons (Fsp3) is 0.211. The number of nitrogens with two attached hydrogens (primary N) is 1. The molecule has 0 bridgehead atoms. The van der Waals surface area contributed by atoms with Gasteiger partial charge in [-0.05, 0) is 24.1 Å². The van der Waals surface area contributed by atoms with Crippen molar-refractivity contribution in [3.8, 4) is 5.75 Å².